The summed E-state index contributed by atoms with van der Waals surface area (Å²) >= 11 is 0. The SMILES string of the molecule is O=C(N[C@H]1CCCCC[C@H]1C(=O)O)c1cccc(C(F)F)c1. The number of benzene rings is 1. The molecule has 0 aliphatic heterocycles. The van der Waals surface area contributed by atoms with Crippen molar-refractivity contribution in [2.45, 2.75) is 44.6 Å². The number of alkyl halides is 2. The molecule has 0 bridgehead atoms. The van der Waals surface area contributed by atoms with Crippen LogP contribution >= 0.6 is 0 Å². The molecule has 1 fully saturated rings. The fourth-order valence-electron chi connectivity index (χ4n) is 2.84. The van der Waals surface area contributed by atoms with E-state index in [1.165, 1.54) is 18.2 Å². The molecule has 120 valence electrons. The Bertz CT molecular complexity index is 548. The van der Waals surface area contributed by atoms with Gasteiger partial charge in [-0.1, -0.05) is 31.4 Å². The van der Waals surface area contributed by atoms with E-state index in [4.69, 9.17) is 0 Å². The number of carboxylic acid groups (broad SMARTS) is 1. The maximum atomic E-state index is 12.7. The van der Waals surface area contributed by atoms with Crippen molar-refractivity contribution in [1.82, 2.24) is 5.32 Å². The van der Waals surface area contributed by atoms with Crippen molar-refractivity contribution in [3.8, 4) is 0 Å². The molecule has 0 saturated heterocycles. The van der Waals surface area contributed by atoms with Crippen LogP contribution in [-0.4, -0.2) is 23.0 Å². The van der Waals surface area contributed by atoms with E-state index in [0.29, 0.717) is 12.8 Å². The summed E-state index contributed by atoms with van der Waals surface area (Å²) in [6.07, 6.45) is 1.10. The van der Waals surface area contributed by atoms with Crippen LogP contribution < -0.4 is 5.32 Å². The Morgan fingerprint density at radius 1 is 1.18 bits per heavy atom. The molecule has 1 saturated carbocycles. The second-order valence-electron chi connectivity index (χ2n) is 5.59. The van der Waals surface area contributed by atoms with E-state index in [1.54, 1.807) is 0 Å². The lowest BCUT2D eigenvalue weighted by Gasteiger charge is -2.23. The fraction of sp³-hybridized carbons (Fsp3) is 0.500. The third-order valence-corrected chi connectivity index (χ3v) is 4.05. The van der Waals surface area contributed by atoms with Crippen molar-refractivity contribution < 1.29 is 23.5 Å². The van der Waals surface area contributed by atoms with E-state index < -0.39 is 30.3 Å². The number of rotatable bonds is 4. The van der Waals surface area contributed by atoms with E-state index in [9.17, 15) is 23.5 Å². The standard InChI is InChI=1S/C16H19F2NO3/c17-14(18)10-5-4-6-11(9-10)15(20)19-13-8-3-1-2-7-12(13)16(21)22/h4-6,9,12-14H,1-3,7-8H2,(H,19,20)(H,21,22)/t12-,13+/m1/s1. The number of halogens is 2. The van der Waals surface area contributed by atoms with Crippen LogP contribution in [0.1, 0.15) is 54.5 Å². The Kier molecular flexibility index (Phi) is 5.46. The van der Waals surface area contributed by atoms with Crippen LogP contribution in [0.5, 0.6) is 0 Å². The number of hydrogen-bond acceptors (Lipinski definition) is 2. The second kappa shape index (κ2) is 7.33. The zero-order valence-corrected chi connectivity index (χ0v) is 12.1. The minimum absolute atomic E-state index is 0.131. The molecular weight excluding hydrogens is 292 g/mol. The molecule has 2 rings (SSSR count). The Hall–Kier alpha value is -1.98. The van der Waals surface area contributed by atoms with Crippen molar-refractivity contribution in [1.29, 1.82) is 0 Å². The lowest BCUT2D eigenvalue weighted by molar-refractivity contribution is -0.142. The number of nitrogens with one attached hydrogen (secondary N) is 1. The number of carbonyl (C=O) groups excluding carboxylic acids is 1. The summed E-state index contributed by atoms with van der Waals surface area (Å²) in [4.78, 5) is 23.5. The highest BCUT2D eigenvalue weighted by Crippen LogP contribution is 2.25. The first kappa shape index (κ1) is 16.4. The maximum absolute atomic E-state index is 12.7. The third-order valence-electron chi connectivity index (χ3n) is 4.05. The molecule has 1 aliphatic carbocycles. The molecule has 1 aromatic rings. The number of aliphatic carboxylic acids is 1. The summed E-state index contributed by atoms with van der Waals surface area (Å²) in [6, 6.07) is 4.80. The van der Waals surface area contributed by atoms with Crippen LogP contribution in [0.4, 0.5) is 8.78 Å². The smallest absolute Gasteiger partial charge is 0.308 e. The highest BCUT2D eigenvalue weighted by molar-refractivity contribution is 5.94. The molecule has 1 amide bonds. The van der Waals surface area contributed by atoms with Crippen LogP contribution in [0.15, 0.2) is 24.3 Å². The molecule has 2 N–H and O–H groups in total. The van der Waals surface area contributed by atoms with Crippen LogP contribution in [0.2, 0.25) is 0 Å². The van der Waals surface area contributed by atoms with Gasteiger partial charge in [0.15, 0.2) is 0 Å². The Labute approximate surface area is 127 Å². The first-order chi connectivity index (χ1) is 10.5. The molecule has 0 radical (unpaired) electrons. The minimum atomic E-state index is -2.64. The molecule has 22 heavy (non-hydrogen) atoms. The van der Waals surface area contributed by atoms with Gasteiger partial charge in [-0.3, -0.25) is 9.59 Å². The molecule has 6 heteroatoms. The normalized spacial score (nSPS) is 22.1. The van der Waals surface area contributed by atoms with E-state index in [1.807, 2.05) is 0 Å². The highest BCUT2D eigenvalue weighted by atomic mass is 19.3. The van der Waals surface area contributed by atoms with E-state index in [0.717, 1.165) is 25.3 Å². The summed E-state index contributed by atoms with van der Waals surface area (Å²) in [6.45, 7) is 0. The van der Waals surface area contributed by atoms with Gasteiger partial charge in [0.25, 0.3) is 12.3 Å². The van der Waals surface area contributed by atoms with Gasteiger partial charge >= 0.3 is 5.97 Å². The molecule has 1 aromatic carbocycles. The van der Waals surface area contributed by atoms with Crippen molar-refractivity contribution in [3.63, 3.8) is 0 Å². The quantitative estimate of drug-likeness (QED) is 0.838. The lowest BCUT2D eigenvalue weighted by Crippen LogP contribution is -2.42. The monoisotopic (exact) mass is 311 g/mol. The van der Waals surface area contributed by atoms with Crippen molar-refractivity contribution >= 4 is 11.9 Å². The number of carboxylic acids is 1. The van der Waals surface area contributed by atoms with Gasteiger partial charge in [0.05, 0.1) is 5.92 Å². The predicted octanol–water partition coefficient (Wildman–Crippen LogP) is 3.39. The summed E-state index contributed by atoms with van der Waals surface area (Å²) in [7, 11) is 0. The van der Waals surface area contributed by atoms with E-state index in [2.05, 4.69) is 5.32 Å². The first-order valence-electron chi connectivity index (χ1n) is 7.41. The van der Waals surface area contributed by atoms with E-state index in [-0.39, 0.29) is 11.1 Å². The molecule has 4 nitrogen and oxygen atoms in total. The highest BCUT2D eigenvalue weighted by Gasteiger charge is 2.30. The topological polar surface area (TPSA) is 66.4 Å². The lowest BCUT2D eigenvalue weighted by atomic mass is 9.94. The summed E-state index contributed by atoms with van der Waals surface area (Å²) in [5.74, 6) is -2.04. The van der Waals surface area contributed by atoms with Gasteiger partial charge in [-0.25, -0.2) is 8.78 Å². The van der Waals surface area contributed by atoms with Crippen molar-refractivity contribution in [2.24, 2.45) is 5.92 Å². The maximum Gasteiger partial charge on any atom is 0.308 e. The van der Waals surface area contributed by atoms with Gasteiger partial charge in [0.2, 0.25) is 0 Å². The van der Waals surface area contributed by atoms with Crippen molar-refractivity contribution in [2.75, 3.05) is 0 Å². The van der Waals surface area contributed by atoms with Crippen LogP contribution in [0, 0.1) is 5.92 Å². The largest absolute Gasteiger partial charge is 0.481 e. The van der Waals surface area contributed by atoms with Gasteiger partial charge in [-0.2, -0.15) is 0 Å². The average Bonchev–Trinajstić information content (AvgIpc) is 2.72. The van der Waals surface area contributed by atoms with E-state index >= 15 is 0 Å². The summed E-state index contributed by atoms with van der Waals surface area (Å²) in [5, 5.41) is 12.0. The minimum Gasteiger partial charge on any atom is -0.481 e. The summed E-state index contributed by atoms with van der Waals surface area (Å²) < 4.78 is 25.4. The fourth-order valence-corrected chi connectivity index (χ4v) is 2.84. The van der Waals surface area contributed by atoms with Crippen LogP contribution in [0.3, 0.4) is 0 Å². The molecule has 2 atom stereocenters. The zero-order valence-electron chi connectivity index (χ0n) is 12.1. The van der Waals surface area contributed by atoms with Gasteiger partial charge in [-0.05, 0) is 25.0 Å². The number of carbonyl (C=O) groups is 2. The Morgan fingerprint density at radius 2 is 1.91 bits per heavy atom. The zero-order chi connectivity index (χ0) is 16.1. The first-order valence-corrected chi connectivity index (χ1v) is 7.41. The molecule has 0 spiro atoms. The Morgan fingerprint density at radius 3 is 2.59 bits per heavy atom. The van der Waals surface area contributed by atoms with Gasteiger partial charge in [-0.15, -0.1) is 0 Å². The average molecular weight is 311 g/mol. The van der Waals surface area contributed by atoms with Gasteiger partial charge in [0, 0.05) is 17.2 Å². The number of hydrogen-bond donors (Lipinski definition) is 2. The predicted molar refractivity (Wildman–Crippen MR) is 76.9 cm³/mol. The summed E-state index contributed by atoms with van der Waals surface area (Å²) in [5.41, 5.74) is -0.0884. The van der Waals surface area contributed by atoms with Gasteiger partial charge < -0.3 is 10.4 Å². The molecule has 0 unspecified atom stereocenters. The third kappa shape index (κ3) is 4.02. The molecule has 0 heterocycles. The van der Waals surface area contributed by atoms with Crippen LogP contribution in [-0.2, 0) is 4.79 Å². The van der Waals surface area contributed by atoms with Crippen molar-refractivity contribution in [3.05, 3.63) is 35.4 Å². The second-order valence-corrected chi connectivity index (χ2v) is 5.59. The van der Waals surface area contributed by atoms with Crippen LogP contribution in [0.25, 0.3) is 0 Å². The molecule has 0 aromatic heterocycles. The Balaban J connectivity index is 2.12. The number of amides is 1. The molecular formula is C16H19F2NO3. The van der Waals surface area contributed by atoms with Gasteiger partial charge in [0.1, 0.15) is 0 Å². The molecule has 1 aliphatic rings.